The van der Waals surface area contributed by atoms with Crippen molar-refractivity contribution < 1.29 is 4.79 Å². The van der Waals surface area contributed by atoms with Gasteiger partial charge in [0.05, 0.1) is 34.1 Å². The lowest BCUT2D eigenvalue weighted by Gasteiger charge is -2.16. The zero-order chi connectivity index (χ0) is 15.4. The van der Waals surface area contributed by atoms with Crippen molar-refractivity contribution in [1.29, 1.82) is 0 Å². The van der Waals surface area contributed by atoms with Crippen LogP contribution in [0.2, 0.25) is 5.02 Å². The summed E-state index contributed by atoms with van der Waals surface area (Å²) in [7, 11) is 0. The lowest BCUT2D eigenvalue weighted by Crippen LogP contribution is -2.33. The predicted molar refractivity (Wildman–Crippen MR) is 84.0 cm³/mol. The van der Waals surface area contributed by atoms with Gasteiger partial charge in [0.15, 0.2) is 0 Å². The van der Waals surface area contributed by atoms with E-state index >= 15 is 0 Å². The van der Waals surface area contributed by atoms with Gasteiger partial charge in [-0.3, -0.25) is 14.2 Å². The van der Waals surface area contributed by atoms with E-state index in [1.807, 2.05) is 18.5 Å². The first-order chi connectivity index (χ1) is 10.1. The third-order valence-electron chi connectivity index (χ3n) is 3.21. The third-order valence-corrected chi connectivity index (χ3v) is 4.06. The zero-order valence-corrected chi connectivity index (χ0v) is 14.2. The van der Waals surface area contributed by atoms with Crippen LogP contribution in [0.3, 0.4) is 0 Å². The Bertz CT molecular complexity index is 624. The number of aromatic nitrogens is 4. The fourth-order valence-corrected chi connectivity index (χ4v) is 2.68. The van der Waals surface area contributed by atoms with Crippen molar-refractivity contribution in [2.75, 3.05) is 0 Å². The molecule has 2 rings (SSSR count). The van der Waals surface area contributed by atoms with Gasteiger partial charge in [-0.1, -0.05) is 18.5 Å². The molecule has 0 aliphatic heterocycles. The molecule has 21 heavy (non-hydrogen) atoms. The summed E-state index contributed by atoms with van der Waals surface area (Å²) < 4.78 is 4.32. The molecule has 0 saturated carbocycles. The monoisotopic (exact) mass is 373 g/mol. The quantitative estimate of drug-likeness (QED) is 0.845. The summed E-state index contributed by atoms with van der Waals surface area (Å²) in [6, 6.07) is -0.366. The lowest BCUT2D eigenvalue weighted by molar-refractivity contribution is -0.124. The SMILES string of the molecule is CCC(C(=O)NCc1c(Br)cnn1CC)n1cc(Cl)cn1. The van der Waals surface area contributed by atoms with Gasteiger partial charge in [-0.25, -0.2) is 0 Å². The summed E-state index contributed by atoms with van der Waals surface area (Å²) in [5.41, 5.74) is 0.944. The van der Waals surface area contributed by atoms with Gasteiger partial charge in [-0.05, 0) is 29.3 Å². The van der Waals surface area contributed by atoms with Gasteiger partial charge in [0.1, 0.15) is 6.04 Å². The van der Waals surface area contributed by atoms with Gasteiger partial charge >= 0.3 is 0 Å². The number of aryl methyl sites for hydroxylation is 1. The lowest BCUT2D eigenvalue weighted by atomic mass is 10.2. The minimum absolute atomic E-state index is 0.0898. The predicted octanol–water partition coefficient (Wildman–Crippen LogP) is 2.78. The molecule has 0 aromatic carbocycles. The van der Waals surface area contributed by atoms with Crippen molar-refractivity contribution in [3.63, 3.8) is 0 Å². The fourth-order valence-electron chi connectivity index (χ4n) is 2.10. The molecule has 2 aromatic heterocycles. The van der Waals surface area contributed by atoms with Crippen molar-refractivity contribution >= 4 is 33.4 Å². The van der Waals surface area contributed by atoms with E-state index in [4.69, 9.17) is 11.6 Å². The summed E-state index contributed by atoms with van der Waals surface area (Å²) in [4.78, 5) is 12.3. The Hall–Kier alpha value is -1.34. The largest absolute Gasteiger partial charge is 0.349 e. The molecule has 6 nitrogen and oxygen atoms in total. The average Bonchev–Trinajstić information content (AvgIpc) is 3.04. The van der Waals surface area contributed by atoms with Crippen LogP contribution in [0.4, 0.5) is 0 Å². The van der Waals surface area contributed by atoms with Crippen LogP contribution in [0, 0.1) is 0 Å². The average molecular weight is 375 g/mol. The zero-order valence-electron chi connectivity index (χ0n) is 11.9. The first-order valence-corrected chi connectivity index (χ1v) is 7.91. The summed E-state index contributed by atoms with van der Waals surface area (Å²) in [6.45, 7) is 5.11. The Morgan fingerprint density at radius 2 is 2.19 bits per heavy atom. The van der Waals surface area contributed by atoms with Crippen LogP contribution in [-0.2, 0) is 17.9 Å². The van der Waals surface area contributed by atoms with Gasteiger partial charge in [-0.15, -0.1) is 0 Å². The molecule has 8 heteroatoms. The van der Waals surface area contributed by atoms with E-state index in [1.54, 1.807) is 17.1 Å². The van der Waals surface area contributed by atoms with E-state index in [0.717, 1.165) is 16.7 Å². The van der Waals surface area contributed by atoms with Gasteiger partial charge < -0.3 is 5.32 Å². The highest BCUT2D eigenvalue weighted by molar-refractivity contribution is 9.10. The molecule has 0 bridgehead atoms. The highest BCUT2D eigenvalue weighted by atomic mass is 79.9. The molecule has 114 valence electrons. The van der Waals surface area contributed by atoms with Crippen LogP contribution in [0.1, 0.15) is 32.0 Å². The number of nitrogens with one attached hydrogen (secondary N) is 1. The molecule has 0 fully saturated rings. The number of rotatable bonds is 6. The Morgan fingerprint density at radius 3 is 2.76 bits per heavy atom. The highest BCUT2D eigenvalue weighted by Gasteiger charge is 2.20. The van der Waals surface area contributed by atoms with E-state index < -0.39 is 0 Å². The number of hydrogen-bond acceptors (Lipinski definition) is 3. The second kappa shape index (κ2) is 7.09. The Kier molecular flexibility index (Phi) is 5.41. The minimum Gasteiger partial charge on any atom is -0.349 e. The third kappa shape index (κ3) is 3.65. The van der Waals surface area contributed by atoms with E-state index in [9.17, 15) is 4.79 Å². The maximum Gasteiger partial charge on any atom is 0.245 e. The molecule has 1 atom stereocenters. The molecule has 2 aromatic rings. The van der Waals surface area contributed by atoms with Crippen LogP contribution >= 0.6 is 27.5 Å². The number of nitrogens with zero attached hydrogens (tertiary/aromatic N) is 4. The van der Waals surface area contributed by atoms with E-state index in [0.29, 0.717) is 18.0 Å². The Morgan fingerprint density at radius 1 is 1.43 bits per heavy atom. The van der Waals surface area contributed by atoms with Gasteiger partial charge in [0, 0.05) is 12.7 Å². The van der Waals surface area contributed by atoms with E-state index in [-0.39, 0.29) is 11.9 Å². The molecular weight excluding hydrogens is 358 g/mol. The first-order valence-electron chi connectivity index (χ1n) is 6.74. The normalized spacial score (nSPS) is 12.4. The summed E-state index contributed by atoms with van der Waals surface area (Å²) in [5.74, 6) is -0.0898. The molecule has 1 N–H and O–H groups in total. The number of halogens is 2. The van der Waals surface area contributed by atoms with Crippen LogP contribution in [-0.4, -0.2) is 25.5 Å². The van der Waals surface area contributed by atoms with Crippen molar-refractivity contribution in [3.05, 3.63) is 33.8 Å². The molecule has 1 unspecified atom stereocenters. The molecule has 0 aliphatic carbocycles. The number of carbonyl (C=O) groups excluding carboxylic acids is 1. The molecule has 1 amide bonds. The van der Waals surface area contributed by atoms with Crippen molar-refractivity contribution in [1.82, 2.24) is 24.9 Å². The van der Waals surface area contributed by atoms with Crippen molar-refractivity contribution in [3.8, 4) is 0 Å². The fraction of sp³-hybridized carbons (Fsp3) is 0.462. The summed E-state index contributed by atoms with van der Waals surface area (Å²) in [5, 5.41) is 11.8. The molecule has 0 saturated heterocycles. The second-order valence-electron chi connectivity index (χ2n) is 4.54. The summed E-state index contributed by atoms with van der Waals surface area (Å²) >= 11 is 9.29. The second-order valence-corrected chi connectivity index (χ2v) is 5.83. The van der Waals surface area contributed by atoms with E-state index in [1.165, 1.54) is 6.20 Å². The van der Waals surface area contributed by atoms with Crippen LogP contribution in [0.25, 0.3) is 0 Å². The first kappa shape index (κ1) is 16.0. The minimum atomic E-state index is -0.366. The topological polar surface area (TPSA) is 64.7 Å². The van der Waals surface area contributed by atoms with Gasteiger partial charge in [0.25, 0.3) is 0 Å². The van der Waals surface area contributed by atoms with Crippen molar-refractivity contribution in [2.45, 2.75) is 39.4 Å². The maximum atomic E-state index is 12.3. The Balaban J connectivity index is 2.05. The van der Waals surface area contributed by atoms with Gasteiger partial charge in [-0.2, -0.15) is 10.2 Å². The summed E-state index contributed by atoms with van der Waals surface area (Å²) in [6.07, 6.45) is 5.55. The van der Waals surface area contributed by atoms with Crippen molar-refractivity contribution in [2.24, 2.45) is 0 Å². The van der Waals surface area contributed by atoms with Crippen LogP contribution in [0.15, 0.2) is 23.1 Å². The highest BCUT2D eigenvalue weighted by Crippen LogP contribution is 2.17. The molecule has 0 radical (unpaired) electrons. The maximum absolute atomic E-state index is 12.3. The molecule has 0 aliphatic rings. The number of carbonyl (C=O) groups is 1. The molecule has 0 spiro atoms. The smallest absolute Gasteiger partial charge is 0.245 e. The number of amides is 1. The molecule has 2 heterocycles. The number of hydrogen-bond donors (Lipinski definition) is 1. The standard InChI is InChI=1S/C13H17BrClN5O/c1-3-11(20-8-9(15)5-17-20)13(21)16-7-12-10(14)6-18-19(12)4-2/h5-6,8,11H,3-4,7H2,1-2H3,(H,16,21). The Labute approximate surface area is 136 Å². The molecular formula is C13H17BrClN5O. The van der Waals surface area contributed by atoms with E-state index in [2.05, 4.69) is 31.4 Å². The van der Waals surface area contributed by atoms with Gasteiger partial charge in [0.2, 0.25) is 5.91 Å². The van der Waals surface area contributed by atoms with Crippen LogP contribution < -0.4 is 5.32 Å². The van der Waals surface area contributed by atoms with Crippen LogP contribution in [0.5, 0.6) is 0 Å².